The maximum atomic E-state index is 12.4. The number of amides is 2. The maximum Gasteiger partial charge on any atom is 0.242 e. The molecule has 1 atom stereocenters. The molecule has 0 radical (unpaired) electrons. The number of carbonyl (C=O) groups is 2. The molecule has 2 rings (SSSR count). The van der Waals surface area contributed by atoms with Crippen LogP contribution in [0.25, 0.3) is 0 Å². The van der Waals surface area contributed by atoms with E-state index in [0.29, 0.717) is 43.1 Å². The fourth-order valence-electron chi connectivity index (χ4n) is 2.68. The number of aryl methyl sites for hydroxylation is 1. The van der Waals surface area contributed by atoms with Gasteiger partial charge in [-0.2, -0.15) is 0 Å². The fraction of sp³-hybridized carbons (Fsp3) is 0.500. The zero-order valence-corrected chi connectivity index (χ0v) is 13.7. The molecule has 2 amide bonds. The van der Waals surface area contributed by atoms with E-state index in [2.05, 4.69) is 5.32 Å². The minimum Gasteiger partial charge on any atom is -0.495 e. The van der Waals surface area contributed by atoms with Gasteiger partial charge in [-0.15, -0.1) is 0 Å². The van der Waals surface area contributed by atoms with Gasteiger partial charge in [0.15, 0.2) is 0 Å². The average molecular weight is 325 g/mol. The molecule has 22 heavy (non-hydrogen) atoms. The quantitative estimate of drug-likeness (QED) is 0.901. The molecule has 0 bridgehead atoms. The van der Waals surface area contributed by atoms with Gasteiger partial charge in [-0.3, -0.25) is 9.59 Å². The van der Waals surface area contributed by atoms with Crippen LogP contribution in [-0.2, 0) is 16.0 Å². The zero-order valence-electron chi connectivity index (χ0n) is 12.9. The van der Waals surface area contributed by atoms with Crippen LogP contribution in [0.4, 0.5) is 0 Å². The standard InChI is InChI=1S/C16H21ClN2O3/c1-3-13-16(21)18-8-9-19(13)15(20)7-5-11-4-6-14(22-2)12(17)10-11/h4,6,10,13H,3,5,7-9H2,1-2H3,(H,18,21). The largest absolute Gasteiger partial charge is 0.495 e. The molecule has 1 heterocycles. The van der Waals surface area contributed by atoms with Crippen LogP contribution in [0.1, 0.15) is 25.3 Å². The number of hydrogen-bond donors (Lipinski definition) is 1. The molecule has 1 saturated heterocycles. The number of nitrogens with one attached hydrogen (secondary N) is 1. The number of hydrogen-bond acceptors (Lipinski definition) is 3. The van der Waals surface area contributed by atoms with Gasteiger partial charge >= 0.3 is 0 Å². The second-order valence-corrected chi connectivity index (χ2v) is 5.68. The monoisotopic (exact) mass is 324 g/mol. The summed E-state index contributed by atoms with van der Waals surface area (Å²) in [5, 5.41) is 3.34. The Labute approximate surface area is 135 Å². The number of methoxy groups -OCH3 is 1. The highest BCUT2D eigenvalue weighted by Crippen LogP contribution is 2.25. The predicted molar refractivity (Wildman–Crippen MR) is 85.1 cm³/mol. The minimum atomic E-state index is -0.347. The third kappa shape index (κ3) is 3.71. The highest BCUT2D eigenvalue weighted by Gasteiger charge is 2.30. The topological polar surface area (TPSA) is 58.6 Å². The van der Waals surface area contributed by atoms with Gasteiger partial charge in [0.25, 0.3) is 0 Å². The van der Waals surface area contributed by atoms with Crippen LogP contribution in [0.3, 0.4) is 0 Å². The number of carbonyl (C=O) groups excluding carboxylic acids is 2. The van der Waals surface area contributed by atoms with Crippen molar-refractivity contribution in [2.45, 2.75) is 32.2 Å². The molecular weight excluding hydrogens is 304 g/mol. The fourth-order valence-corrected chi connectivity index (χ4v) is 2.96. The van der Waals surface area contributed by atoms with E-state index in [9.17, 15) is 9.59 Å². The Hall–Kier alpha value is -1.75. The normalized spacial score (nSPS) is 18.0. The molecule has 1 aromatic carbocycles. The van der Waals surface area contributed by atoms with Crippen molar-refractivity contribution in [2.24, 2.45) is 0 Å². The van der Waals surface area contributed by atoms with Crippen molar-refractivity contribution in [3.8, 4) is 5.75 Å². The summed E-state index contributed by atoms with van der Waals surface area (Å²) in [4.78, 5) is 25.9. The molecule has 5 nitrogen and oxygen atoms in total. The highest BCUT2D eigenvalue weighted by atomic mass is 35.5. The third-order valence-corrected chi connectivity index (χ3v) is 4.18. The van der Waals surface area contributed by atoms with E-state index in [1.54, 1.807) is 18.1 Å². The van der Waals surface area contributed by atoms with Crippen LogP contribution in [0.5, 0.6) is 5.75 Å². The van der Waals surface area contributed by atoms with Gasteiger partial charge in [0.1, 0.15) is 11.8 Å². The van der Waals surface area contributed by atoms with E-state index < -0.39 is 0 Å². The summed E-state index contributed by atoms with van der Waals surface area (Å²) in [6, 6.07) is 5.16. The summed E-state index contributed by atoms with van der Waals surface area (Å²) in [6.45, 7) is 3.01. The highest BCUT2D eigenvalue weighted by molar-refractivity contribution is 6.32. The lowest BCUT2D eigenvalue weighted by molar-refractivity contribution is -0.143. The summed E-state index contributed by atoms with van der Waals surface area (Å²) in [6.07, 6.45) is 1.59. The number of benzene rings is 1. The zero-order chi connectivity index (χ0) is 16.1. The second kappa shape index (κ2) is 7.49. The smallest absolute Gasteiger partial charge is 0.242 e. The number of ether oxygens (including phenoxy) is 1. The van der Waals surface area contributed by atoms with Crippen molar-refractivity contribution < 1.29 is 14.3 Å². The Morgan fingerprint density at radius 1 is 1.50 bits per heavy atom. The first-order valence-corrected chi connectivity index (χ1v) is 7.84. The molecular formula is C16H21ClN2O3. The molecule has 0 aliphatic carbocycles. The van der Waals surface area contributed by atoms with Gasteiger partial charge in [0.05, 0.1) is 12.1 Å². The summed E-state index contributed by atoms with van der Waals surface area (Å²) in [5.74, 6) is 0.568. The van der Waals surface area contributed by atoms with Crippen LogP contribution in [0, 0.1) is 0 Å². The molecule has 0 saturated carbocycles. The van der Waals surface area contributed by atoms with Crippen molar-refractivity contribution in [3.63, 3.8) is 0 Å². The van der Waals surface area contributed by atoms with Gasteiger partial charge in [0.2, 0.25) is 11.8 Å². The Bertz CT molecular complexity index is 562. The summed E-state index contributed by atoms with van der Waals surface area (Å²) in [7, 11) is 1.57. The molecule has 1 N–H and O–H groups in total. The van der Waals surface area contributed by atoms with Crippen LogP contribution < -0.4 is 10.1 Å². The molecule has 1 aromatic rings. The third-order valence-electron chi connectivity index (χ3n) is 3.88. The first kappa shape index (κ1) is 16.6. The summed E-state index contributed by atoms with van der Waals surface area (Å²) >= 11 is 6.08. The van der Waals surface area contributed by atoms with Crippen LogP contribution in [0.2, 0.25) is 5.02 Å². The van der Waals surface area contributed by atoms with E-state index in [0.717, 1.165) is 5.56 Å². The van der Waals surface area contributed by atoms with E-state index in [4.69, 9.17) is 16.3 Å². The van der Waals surface area contributed by atoms with E-state index in [1.165, 1.54) is 0 Å². The van der Waals surface area contributed by atoms with Crippen molar-refractivity contribution in [3.05, 3.63) is 28.8 Å². The SMILES string of the molecule is CCC1C(=O)NCCN1C(=O)CCc1ccc(OC)c(Cl)c1. The van der Waals surface area contributed by atoms with Crippen LogP contribution >= 0.6 is 11.6 Å². The Kier molecular flexibility index (Phi) is 5.66. The first-order chi connectivity index (χ1) is 10.6. The minimum absolute atomic E-state index is 0.00800. The predicted octanol–water partition coefficient (Wildman–Crippen LogP) is 2.02. The van der Waals surface area contributed by atoms with Crippen molar-refractivity contribution in [1.29, 1.82) is 0 Å². The van der Waals surface area contributed by atoms with Gasteiger partial charge in [-0.05, 0) is 30.5 Å². The van der Waals surface area contributed by atoms with E-state index >= 15 is 0 Å². The summed E-state index contributed by atoms with van der Waals surface area (Å²) < 4.78 is 5.11. The summed E-state index contributed by atoms with van der Waals surface area (Å²) in [5.41, 5.74) is 0.980. The Balaban J connectivity index is 1.97. The number of nitrogens with zero attached hydrogens (tertiary/aromatic N) is 1. The number of piperazine rings is 1. The average Bonchev–Trinajstić information content (AvgIpc) is 2.52. The molecule has 6 heteroatoms. The molecule has 1 aliphatic heterocycles. The molecule has 1 unspecified atom stereocenters. The molecule has 120 valence electrons. The van der Waals surface area contributed by atoms with Crippen molar-refractivity contribution in [2.75, 3.05) is 20.2 Å². The van der Waals surface area contributed by atoms with Crippen molar-refractivity contribution >= 4 is 23.4 Å². The van der Waals surface area contributed by atoms with Gasteiger partial charge in [0, 0.05) is 19.5 Å². The molecule has 1 aliphatic rings. The lowest BCUT2D eigenvalue weighted by Gasteiger charge is -2.34. The number of rotatable bonds is 5. The van der Waals surface area contributed by atoms with Gasteiger partial charge in [-0.1, -0.05) is 24.6 Å². The van der Waals surface area contributed by atoms with Crippen molar-refractivity contribution in [1.82, 2.24) is 10.2 Å². The molecule has 0 spiro atoms. The molecule has 0 aromatic heterocycles. The van der Waals surface area contributed by atoms with Gasteiger partial charge < -0.3 is 15.0 Å². The second-order valence-electron chi connectivity index (χ2n) is 5.27. The Morgan fingerprint density at radius 2 is 2.27 bits per heavy atom. The first-order valence-electron chi connectivity index (χ1n) is 7.46. The number of halogens is 1. The van der Waals surface area contributed by atoms with Gasteiger partial charge in [-0.25, -0.2) is 0 Å². The van der Waals surface area contributed by atoms with Crippen LogP contribution in [-0.4, -0.2) is 43.0 Å². The van der Waals surface area contributed by atoms with E-state index in [-0.39, 0.29) is 17.9 Å². The molecule has 1 fully saturated rings. The van der Waals surface area contributed by atoms with Crippen LogP contribution in [0.15, 0.2) is 18.2 Å². The van der Waals surface area contributed by atoms with E-state index in [1.807, 2.05) is 19.1 Å². The lowest BCUT2D eigenvalue weighted by atomic mass is 10.1. The Morgan fingerprint density at radius 3 is 2.91 bits per heavy atom. The lowest BCUT2D eigenvalue weighted by Crippen LogP contribution is -2.56. The maximum absolute atomic E-state index is 12.4.